The van der Waals surface area contributed by atoms with Crippen LogP contribution in [0.4, 0.5) is 13.2 Å². The first-order chi connectivity index (χ1) is 8.90. The Labute approximate surface area is 112 Å². The van der Waals surface area contributed by atoms with E-state index >= 15 is 0 Å². The summed E-state index contributed by atoms with van der Waals surface area (Å²) in [5, 5.41) is 3.32. The van der Waals surface area contributed by atoms with Crippen molar-refractivity contribution in [2.45, 2.75) is 19.1 Å². The first-order valence-electron chi connectivity index (χ1n) is 6.64. The van der Waals surface area contributed by atoms with Crippen molar-refractivity contribution in [3.05, 3.63) is 0 Å². The molecule has 114 valence electrons. The molecular formula is C12H24F3N3O. The molecule has 1 rings (SSSR count). The van der Waals surface area contributed by atoms with Gasteiger partial charge in [-0.1, -0.05) is 0 Å². The highest BCUT2D eigenvalue weighted by Crippen LogP contribution is 2.17. The largest absolute Gasteiger partial charge is 0.401 e. The monoisotopic (exact) mass is 283 g/mol. The van der Waals surface area contributed by atoms with Gasteiger partial charge in [-0.2, -0.15) is 13.2 Å². The Balaban J connectivity index is 2.10. The Morgan fingerprint density at radius 3 is 2.26 bits per heavy atom. The zero-order valence-electron chi connectivity index (χ0n) is 11.7. The molecule has 0 aliphatic carbocycles. The van der Waals surface area contributed by atoms with E-state index in [1.807, 2.05) is 6.92 Å². The Morgan fingerprint density at radius 1 is 1.16 bits per heavy atom. The second-order valence-electron chi connectivity index (χ2n) is 5.04. The summed E-state index contributed by atoms with van der Waals surface area (Å²) in [6.07, 6.45) is -4.08. The van der Waals surface area contributed by atoms with Gasteiger partial charge in [-0.05, 0) is 6.92 Å². The van der Waals surface area contributed by atoms with Crippen molar-refractivity contribution < 1.29 is 17.9 Å². The first-order valence-corrected chi connectivity index (χ1v) is 6.64. The standard InChI is InChI=1S/C12H24F3N3O/c1-11(9-19-2)16-3-4-17-5-7-18(8-6-17)10-12(13,14)15/h11,16H,3-10H2,1-2H3. The molecule has 0 aromatic carbocycles. The van der Waals surface area contributed by atoms with E-state index in [9.17, 15) is 13.2 Å². The SMILES string of the molecule is COCC(C)NCCN1CCN(CC(F)(F)F)CC1. The zero-order chi connectivity index (χ0) is 14.3. The molecule has 0 radical (unpaired) electrons. The average molecular weight is 283 g/mol. The van der Waals surface area contributed by atoms with Gasteiger partial charge < -0.3 is 10.1 Å². The summed E-state index contributed by atoms with van der Waals surface area (Å²) in [4.78, 5) is 3.66. The topological polar surface area (TPSA) is 27.7 Å². The van der Waals surface area contributed by atoms with Crippen molar-refractivity contribution in [2.24, 2.45) is 0 Å². The maximum atomic E-state index is 12.2. The summed E-state index contributed by atoms with van der Waals surface area (Å²) < 4.78 is 41.7. The molecular weight excluding hydrogens is 259 g/mol. The molecule has 1 aliphatic heterocycles. The van der Waals surface area contributed by atoms with Crippen molar-refractivity contribution in [2.75, 3.05) is 59.5 Å². The van der Waals surface area contributed by atoms with Gasteiger partial charge in [0, 0.05) is 52.4 Å². The number of methoxy groups -OCH3 is 1. The van der Waals surface area contributed by atoms with Crippen LogP contribution in [0.1, 0.15) is 6.92 Å². The quantitative estimate of drug-likeness (QED) is 0.748. The van der Waals surface area contributed by atoms with E-state index in [4.69, 9.17) is 4.74 Å². The number of piperazine rings is 1. The van der Waals surface area contributed by atoms with Gasteiger partial charge in [0.25, 0.3) is 0 Å². The van der Waals surface area contributed by atoms with Crippen LogP contribution in [0, 0.1) is 0 Å². The fraction of sp³-hybridized carbons (Fsp3) is 1.00. The molecule has 7 heteroatoms. The average Bonchev–Trinajstić information content (AvgIpc) is 2.30. The maximum Gasteiger partial charge on any atom is 0.401 e. The Bertz CT molecular complexity index is 243. The summed E-state index contributed by atoms with van der Waals surface area (Å²) in [7, 11) is 1.66. The fourth-order valence-corrected chi connectivity index (χ4v) is 2.20. The van der Waals surface area contributed by atoms with Gasteiger partial charge >= 0.3 is 6.18 Å². The van der Waals surface area contributed by atoms with E-state index in [1.165, 1.54) is 4.90 Å². The molecule has 0 spiro atoms. The van der Waals surface area contributed by atoms with E-state index in [0.29, 0.717) is 38.8 Å². The van der Waals surface area contributed by atoms with Crippen LogP contribution in [0.25, 0.3) is 0 Å². The van der Waals surface area contributed by atoms with Crippen LogP contribution >= 0.6 is 0 Å². The molecule has 1 N–H and O–H groups in total. The Morgan fingerprint density at radius 2 is 1.74 bits per heavy atom. The first kappa shape index (κ1) is 16.7. The van der Waals surface area contributed by atoms with Crippen molar-refractivity contribution in [3.63, 3.8) is 0 Å². The molecule has 1 saturated heterocycles. The van der Waals surface area contributed by atoms with Crippen LogP contribution in [0.5, 0.6) is 0 Å². The Kier molecular flexibility index (Phi) is 7.06. The second kappa shape index (κ2) is 8.04. The molecule has 1 aliphatic rings. The molecule has 0 bridgehead atoms. The van der Waals surface area contributed by atoms with Crippen molar-refractivity contribution in [1.82, 2.24) is 15.1 Å². The number of alkyl halides is 3. The lowest BCUT2D eigenvalue weighted by Crippen LogP contribution is -2.50. The van der Waals surface area contributed by atoms with Crippen LogP contribution in [0.15, 0.2) is 0 Å². The summed E-state index contributed by atoms with van der Waals surface area (Å²) in [6.45, 7) is 6.03. The minimum Gasteiger partial charge on any atom is -0.383 e. The number of hydrogen-bond acceptors (Lipinski definition) is 4. The van der Waals surface area contributed by atoms with Crippen molar-refractivity contribution in [3.8, 4) is 0 Å². The van der Waals surface area contributed by atoms with Crippen LogP contribution in [-0.4, -0.2) is 81.5 Å². The third-order valence-corrected chi connectivity index (χ3v) is 3.21. The zero-order valence-corrected chi connectivity index (χ0v) is 11.7. The highest BCUT2D eigenvalue weighted by atomic mass is 19.4. The Hall–Kier alpha value is -0.370. The third kappa shape index (κ3) is 7.71. The molecule has 1 unspecified atom stereocenters. The van der Waals surface area contributed by atoms with Crippen LogP contribution in [0.3, 0.4) is 0 Å². The third-order valence-electron chi connectivity index (χ3n) is 3.21. The number of nitrogens with zero attached hydrogens (tertiary/aromatic N) is 2. The van der Waals surface area contributed by atoms with Crippen LogP contribution < -0.4 is 5.32 Å². The van der Waals surface area contributed by atoms with Crippen molar-refractivity contribution >= 4 is 0 Å². The van der Waals surface area contributed by atoms with Gasteiger partial charge in [0.15, 0.2) is 0 Å². The van der Waals surface area contributed by atoms with E-state index in [1.54, 1.807) is 7.11 Å². The molecule has 0 saturated carbocycles. The predicted octanol–water partition coefficient (Wildman–Crippen LogP) is 0.791. The molecule has 1 fully saturated rings. The van der Waals surface area contributed by atoms with E-state index in [2.05, 4.69) is 10.2 Å². The van der Waals surface area contributed by atoms with E-state index in [-0.39, 0.29) is 0 Å². The molecule has 19 heavy (non-hydrogen) atoms. The fourth-order valence-electron chi connectivity index (χ4n) is 2.20. The number of halogens is 3. The smallest absolute Gasteiger partial charge is 0.383 e. The number of hydrogen-bond donors (Lipinski definition) is 1. The lowest BCUT2D eigenvalue weighted by Gasteiger charge is -2.35. The molecule has 0 aromatic rings. The molecule has 0 aromatic heterocycles. The number of rotatable bonds is 7. The molecule has 1 heterocycles. The highest BCUT2D eigenvalue weighted by molar-refractivity contribution is 4.74. The lowest BCUT2D eigenvalue weighted by molar-refractivity contribution is -0.149. The molecule has 4 nitrogen and oxygen atoms in total. The predicted molar refractivity (Wildman–Crippen MR) is 68.3 cm³/mol. The highest BCUT2D eigenvalue weighted by Gasteiger charge is 2.31. The van der Waals surface area contributed by atoms with Crippen LogP contribution in [-0.2, 0) is 4.74 Å². The van der Waals surface area contributed by atoms with Crippen LogP contribution in [0.2, 0.25) is 0 Å². The number of nitrogens with one attached hydrogen (secondary N) is 1. The minimum absolute atomic E-state index is 0.302. The number of ether oxygens (including phenoxy) is 1. The van der Waals surface area contributed by atoms with Gasteiger partial charge in [-0.3, -0.25) is 9.80 Å². The lowest BCUT2D eigenvalue weighted by atomic mass is 10.3. The van der Waals surface area contributed by atoms with Gasteiger partial charge in [0.05, 0.1) is 13.2 Å². The summed E-state index contributed by atoms with van der Waals surface area (Å²) >= 11 is 0. The van der Waals surface area contributed by atoms with E-state index in [0.717, 1.165) is 13.1 Å². The summed E-state index contributed by atoms with van der Waals surface area (Å²) in [5.41, 5.74) is 0. The minimum atomic E-state index is -4.08. The summed E-state index contributed by atoms with van der Waals surface area (Å²) in [6, 6.07) is 0.302. The van der Waals surface area contributed by atoms with Crippen molar-refractivity contribution in [1.29, 1.82) is 0 Å². The van der Waals surface area contributed by atoms with Gasteiger partial charge in [0.1, 0.15) is 0 Å². The molecule has 1 atom stereocenters. The summed E-state index contributed by atoms with van der Waals surface area (Å²) in [5.74, 6) is 0. The van der Waals surface area contributed by atoms with E-state index < -0.39 is 12.7 Å². The second-order valence-corrected chi connectivity index (χ2v) is 5.04. The maximum absolute atomic E-state index is 12.2. The van der Waals surface area contributed by atoms with Gasteiger partial charge in [0.2, 0.25) is 0 Å². The van der Waals surface area contributed by atoms with Gasteiger partial charge in [-0.25, -0.2) is 0 Å². The van der Waals surface area contributed by atoms with Gasteiger partial charge in [-0.15, -0.1) is 0 Å². The normalized spacial score (nSPS) is 20.7. The molecule has 0 amide bonds.